The van der Waals surface area contributed by atoms with Crippen LogP contribution in [-0.2, 0) is 9.84 Å². The molecule has 5 heteroatoms. The zero-order valence-corrected chi connectivity index (χ0v) is 12.1. The maximum absolute atomic E-state index is 11.4. The molecule has 0 aromatic heterocycles. The molecule has 1 aromatic rings. The van der Waals surface area contributed by atoms with Gasteiger partial charge in [0, 0.05) is 16.6 Å². The summed E-state index contributed by atoms with van der Waals surface area (Å²) in [6.07, 6.45) is 0.723. The molecular formula is C12H16BrNO2S. The maximum Gasteiger partial charge on any atom is 0.151 e. The van der Waals surface area contributed by atoms with Gasteiger partial charge in [-0.2, -0.15) is 0 Å². The first kappa shape index (κ1) is 13.1. The summed E-state index contributed by atoms with van der Waals surface area (Å²) in [6, 6.07) is 8.34. The number of nitrogens with one attached hydrogen (secondary N) is 1. The van der Waals surface area contributed by atoms with E-state index in [1.807, 2.05) is 18.2 Å². The zero-order chi connectivity index (χ0) is 12.5. The molecule has 0 aliphatic carbocycles. The van der Waals surface area contributed by atoms with Gasteiger partial charge < -0.3 is 5.32 Å². The van der Waals surface area contributed by atoms with Crippen molar-refractivity contribution in [1.29, 1.82) is 0 Å². The Bertz CT molecular complexity index is 501. The maximum atomic E-state index is 11.4. The highest BCUT2D eigenvalue weighted by molar-refractivity contribution is 9.10. The number of hydrogen-bond donors (Lipinski definition) is 1. The molecule has 1 aliphatic heterocycles. The summed E-state index contributed by atoms with van der Waals surface area (Å²) >= 11 is 3.44. The van der Waals surface area contributed by atoms with Crippen molar-refractivity contribution in [3.63, 3.8) is 0 Å². The van der Waals surface area contributed by atoms with Gasteiger partial charge in [0.15, 0.2) is 9.84 Å². The molecule has 0 spiro atoms. The first-order valence-electron chi connectivity index (χ1n) is 5.68. The molecule has 3 nitrogen and oxygen atoms in total. The molecule has 0 bridgehead atoms. The van der Waals surface area contributed by atoms with Crippen LogP contribution in [0.3, 0.4) is 0 Å². The monoisotopic (exact) mass is 317 g/mol. The lowest BCUT2D eigenvalue weighted by atomic mass is 10.1. The summed E-state index contributed by atoms with van der Waals surface area (Å²) in [7, 11) is -2.80. The van der Waals surface area contributed by atoms with Crippen LogP contribution >= 0.6 is 15.9 Å². The third-order valence-corrected chi connectivity index (χ3v) is 5.33. The molecule has 2 atom stereocenters. The van der Waals surface area contributed by atoms with E-state index in [0.717, 1.165) is 10.9 Å². The number of halogens is 1. The summed E-state index contributed by atoms with van der Waals surface area (Å²) in [5.74, 6) is 0.585. The fourth-order valence-electron chi connectivity index (χ4n) is 2.15. The number of hydrogen-bond acceptors (Lipinski definition) is 3. The van der Waals surface area contributed by atoms with Crippen molar-refractivity contribution in [2.24, 2.45) is 0 Å². The molecule has 2 unspecified atom stereocenters. The van der Waals surface area contributed by atoms with Gasteiger partial charge in [-0.05, 0) is 31.0 Å². The Morgan fingerprint density at radius 3 is 2.82 bits per heavy atom. The molecule has 2 rings (SSSR count). The molecule has 1 heterocycles. The second-order valence-corrected chi connectivity index (χ2v) is 7.69. The minimum Gasteiger partial charge on any atom is -0.306 e. The highest BCUT2D eigenvalue weighted by atomic mass is 79.9. The van der Waals surface area contributed by atoms with Crippen LogP contribution in [0.2, 0.25) is 0 Å². The molecule has 1 aromatic carbocycles. The highest BCUT2D eigenvalue weighted by Crippen LogP contribution is 2.20. The molecule has 17 heavy (non-hydrogen) atoms. The smallest absolute Gasteiger partial charge is 0.151 e. The Morgan fingerprint density at radius 2 is 2.24 bits per heavy atom. The van der Waals surface area contributed by atoms with Crippen molar-refractivity contribution in [1.82, 2.24) is 5.32 Å². The van der Waals surface area contributed by atoms with Crippen molar-refractivity contribution in [3.05, 3.63) is 34.3 Å². The molecule has 0 amide bonds. The Hall–Kier alpha value is -0.390. The third-order valence-electron chi connectivity index (χ3n) is 3.07. The van der Waals surface area contributed by atoms with Gasteiger partial charge in [-0.1, -0.05) is 28.1 Å². The van der Waals surface area contributed by atoms with Gasteiger partial charge in [-0.25, -0.2) is 8.42 Å². The van der Waals surface area contributed by atoms with E-state index in [1.165, 1.54) is 5.56 Å². The summed E-state index contributed by atoms with van der Waals surface area (Å²) in [5.41, 5.74) is 1.17. The average molecular weight is 318 g/mol. The quantitative estimate of drug-likeness (QED) is 0.930. The minimum absolute atomic E-state index is 0.0916. The Balaban J connectivity index is 2.00. The van der Waals surface area contributed by atoms with Gasteiger partial charge in [-0.3, -0.25) is 0 Å². The van der Waals surface area contributed by atoms with Crippen LogP contribution in [0.15, 0.2) is 28.7 Å². The standard InChI is InChI=1S/C12H16BrNO2S/c1-9(10-3-2-4-11(13)7-10)14-12-5-6-17(15,16)8-12/h2-4,7,9,12,14H,5-6,8H2,1H3. The zero-order valence-electron chi connectivity index (χ0n) is 9.69. The minimum atomic E-state index is -2.80. The van der Waals surface area contributed by atoms with Crippen molar-refractivity contribution in [2.75, 3.05) is 11.5 Å². The van der Waals surface area contributed by atoms with Gasteiger partial charge >= 0.3 is 0 Å². The lowest BCUT2D eigenvalue weighted by Gasteiger charge is -2.18. The predicted molar refractivity (Wildman–Crippen MR) is 72.8 cm³/mol. The molecule has 0 radical (unpaired) electrons. The van der Waals surface area contributed by atoms with E-state index >= 15 is 0 Å². The Morgan fingerprint density at radius 1 is 1.47 bits per heavy atom. The molecule has 0 saturated carbocycles. The van der Waals surface area contributed by atoms with Gasteiger partial charge in [0.1, 0.15) is 0 Å². The topological polar surface area (TPSA) is 46.2 Å². The van der Waals surface area contributed by atoms with E-state index in [-0.39, 0.29) is 17.8 Å². The molecule has 1 N–H and O–H groups in total. The van der Waals surface area contributed by atoms with Crippen LogP contribution in [0.25, 0.3) is 0 Å². The van der Waals surface area contributed by atoms with Gasteiger partial charge in [-0.15, -0.1) is 0 Å². The summed E-state index contributed by atoms with van der Waals surface area (Å²) in [6.45, 7) is 2.06. The molecule has 1 saturated heterocycles. The van der Waals surface area contributed by atoms with E-state index < -0.39 is 9.84 Å². The Labute approximate surface area is 111 Å². The van der Waals surface area contributed by atoms with Crippen molar-refractivity contribution in [3.8, 4) is 0 Å². The van der Waals surface area contributed by atoms with E-state index in [0.29, 0.717) is 5.75 Å². The first-order chi connectivity index (χ1) is 7.96. The number of sulfone groups is 1. The summed E-state index contributed by atoms with van der Waals surface area (Å²) in [5, 5.41) is 3.38. The lowest BCUT2D eigenvalue weighted by Crippen LogP contribution is -2.32. The van der Waals surface area contributed by atoms with E-state index in [4.69, 9.17) is 0 Å². The van der Waals surface area contributed by atoms with Gasteiger partial charge in [0.25, 0.3) is 0 Å². The van der Waals surface area contributed by atoms with Gasteiger partial charge in [0.05, 0.1) is 11.5 Å². The van der Waals surface area contributed by atoms with Crippen LogP contribution in [0.1, 0.15) is 24.9 Å². The van der Waals surface area contributed by atoms with E-state index in [9.17, 15) is 8.42 Å². The van der Waals surface area contributed by atoms with Crippen LogP contribution in [-0.4, -0.2) is 26.0 Å². The van der Waals surface area contributed by atoms with E-state index in [1.54, 1.807) is 0 Å². The fourth-order valence-corrected chi connectivity index (χ4v) is 4.26. The molecular weight excluding hydrogens is 302 g/mol. The van der Waals surface area contributed by atoms with Crippen molar-refractivity contribution in [2.45, 2.75) is 25.4 Å². The number of rotatable bonds is 3. The highest BCUT2D eigenvalue weighted by Gasteiger charge is 2.28. The molecule has 1 fully saturated rings. The SMILES string of the molecule is CC(NC1CCS(=O)(=O)C1)c1cccc(Br)c1. The normalized spacial score (nSPS) is 24.7. The van der Waals surface area contributed by atoms with Crippen molar-refractivity contribution >= 4 is 25.8 Å². The number of benzene rings is 1. The summed E-state index contributed by atoms with van der Waals surface area (Å²) in [4.78, 5) is 0. The molecule has 1 aliphatic rings. The lowest BCUT2D eigenvalue weighted by molar-refractivity contribution is 0.485. The third kappa shape index (κ3) is 3.53. The average Bonchev–Trinajstić information content (AvgIpc) is 2.58. The largest absolute Gasteiger partial charge is 0.306 e. The second-order valence-electron chi connectivity index (χ2n) is 4.54. The van der Waals surface area contributed by atoms with Crippen LogP contribution < -0.4 is 5.32 Å². The second kappa shape index (κ2) is 5.08. The van der Waals surface area contributed by atoms with Crippen LogP contribution in [0.4, 0.5) is 0 Å². The molecule has 94 valence electrons. The van der Waals surface area contributed by atoms with Crippen molar-refractivity contribution < 1.29 is 8.42 Å². The predicted octanol–water partition coefficient (Wildman–Crippen LogP) is 2.29. The Kier molecular flexibility index (Phi) is 3.90. The van der Waals surface area contributed by atoms with Crippen LogP contribution in [0.5, 0.6) is 0 Å². The summed E-state index contributed by atoms with van der Waals surface area (Å²) < 4.78 is 23.8. The van der Waals surface area contributed by atoms with E-state index in [2.05, 4.69) is 34.2 Å². The first-order valence-corrected chi connectivity index (χ1v) is 8.30. The van der Waals surface area contributed by atoms with Crippen LogP contribution in [0, 0.1) is 0 Å². The van der Waals surface area contributed by atoms with Gasteiger partial charge in [0.2, 0.25) is 0 Å². The fraction of sp³-hybridized carbons (Fsp3) is 0.500.